The molecule has 0 spiro atoms. The second kappa shape index (κ2) is 5.62. The van der Waals surface area contributed by atoms with Gasteiger partial charge in [-0.2, -0.15) is 5.26 Å². The van der Waals surface area contributed by atoms with Crippen LogP contribution in [0.2, 0.25) is 0 Å². The number of hydrogen-bond acceptors (Lipinski definition) is 2. The lowest BCUT2D eigenvalue weighted by atomic mass is 9.82. The molecule has 0 unspecified atom stereocenters. The minimum atomic E-state index is 0.602. The Bertz CT molecular complexity index is 875. The lowest BCUT2D eigenvalue weighted by molar-refractivity contribution is 0.446. The van der Waals surface area contributed by atoms with Gasteiger partial charge in [0.2, 0.25) is 0 Å². The normalized spacial score (nSPS) is 15.8. The third-order valence-corrected chi connectivity index (χ3v) is 5.18. The molecule has 2 heterocycles. The zero-order valence-corrected chi connectivity index (χ0v) is 13.4. The van der Waals surface area contributed by atoms with Crippen molar-refractivity contribution in [3.05, 3.63) is 47.9 Å². The molecule has 0 atom stereocenters. The Morgan fingerprint density at radius 1 is 1.17 bits per heavy atom. The quantitative estimate of drug-likeness (QED) is 0.639. The van der Waals surface area contributed by atoms with Crippen molar-refractivity contribution in [1.82, 2.24) is 4.57 Å². The van der Waals surface area contributed by atoms with Crippen LogP contribution in [0.15, 0.2) is 41.2 Å². The molecule has 1 aromatic carbocycles. The van der Waals surface area contributed by atoms with Crippen molar-refractivity contribution in [2.75, 3.05) is 0 Å². The van der Waals surface area contributed by atoms with E-state index in [0.717, 1.165) is 11.1 Å². The first kappa shape index (κ1) is 14.1. The molecule has 23 heavy (non-hydrogen) atoms. The number of aromatic nitrogens is 1. The topological polar surface area (TPSA) is 41.9 Å². The van der Waals surface area contributed by atoms with E-state index in [-0.39, 0.29) is 0 Å². The van der Waals surface area contributed by atoms with Gasteiger partial charge in [0, 0.05) is 23.5 Å². The van der Waals surface area contributed by atoms with Gasteiger partial charge in [0.1, 0.15) is 0 Å². The summed E-state index contributed by atoms with van der Waals surface area (Å²) < 4.78 is 7.57. The first-order valence-corrected chi connectivity index (χ1v) is 8.34. The standard InChI is InChI=1S/C20H20N2O/c1-22-18-11-14(12-21)7-8-17(18)19(15-5-3-2-4-6-15)20(22)16-9-10-23-13-16/h7-11,13,15H,2-6H2,1H3. The van der Waals surface area contributed by atoms with Gasteiger partial charge in [-0.3, -0.25) is 0 Å². The van der Waals surface area contributed by atoms with E-state index in [9.17, 15) is 5.26 Å². The van der Waals surface area contributed by atoms with E-state index in [1.807, 2.05) is 24.5 Å². The molecule has 3 heteroatoms. The summed E-state index contributed by atoms with van der Waals surface area (Å²) in [5.41, 5.74) is 5.67. The first-order chi connectivity index (χ1) is 11.3. The van der Waals surface area contributed by atoms with Crippen molar-refractivity contribution in [1.29, 1.82) is 5.26 Å². The lowest BCUT2D eigenvalue weighted by Gasteiger charge is -2.23. The highest BCUT2D eigenvalue weighted by molar-refractivity contribution is 5.93. The van der Waals surface area contributed by atoms with Crippen LogP contribution in [0.5, 0.6) is 0 Å². The molecule has 1 aliphatic carbocycles. The summed E-state index contributed by atoms with van der Waals surface area (Å²) in [5.74, 6) is 0.602. The van der Waals surface area contributed by atoms with Crippen LogP contribution in [-0.4, -0.2) is 4.57 Å². The zero-order chi connectivity index (χ0) is 15.8. The van der Waals surface area contributed by atoms with E-state index < -0.39 is 0 Å². The molecule has 0 amide bonds. The van der Waals surface area contributed by atoms with Crippen molar-refractivity contribution >= 4 is 10.9 Å². The van der Waals surface area contributed by atoms with Gasteiger partial charge >= 0.3 is 0 Å². The summed E-state index contributed by atoms with van der Waals surface area (Å²) in [6, 6.07) is 10.4. The van der Waals surface area contributed by atoms with E-state index in [1.165, 1.54) is 48.7 Å². The number of fused-ring (bicyclic) bond motifs is 1. The Hall–Kier alpha value is -2.47. The highest BCUT2D eigenvalue weighted by atomic mass is 16.3. The molecule has 0 aliphatic heterocycles. The summed E-state index contributed by atoms with van der Waals surface area (Å²) in [5, 5.41) is 10.5. The second-order valence-electron chi connectivity index (χ2n) is 6.51. The van der Waals surface area contributed by atoms with Crippen molar-refractivity contribution in [2.24, 2.45) is 7.05 Å². The number of nitriles is 1. The van der Waals surface area contributed by atoms with Crippen molar-refractivity contribution in [3.63, 3.8) is 0 Å². The van der Waals surface area contributed by atoms with E-state index in [2.05, 4.69) is 23.8 Å². The Kier molecular flexibility index (Phi) is 3.46. The van der Waals surface area contributed by atoms with Crippen molar-refractivity contribution in [2.45, 2.75) is 38.0 Å². The Labute approximate surface area is 136 Å². The van der Waals surface area contributed by atoms with Crippen molar-refractivity contribution in [3.8, 4) is 17.3 Å². The Morgan fingerprint density at radius 3 is 2.70 bits per heavy atom. The molecule has 2 aromatic heterocycles. The molecule has 0 N–H and O–H groups in total. The first-order valence-electron chi connectivity index (χ1n) is 8.34. The molecule has 3 nitrogen and oxygen atoms in total. The van der Waals surface area contributed by atoms with Crippen LogP contribution in [0, 0.1) is 11.3 Å². The summed E-state index contributed by atoms with van der Waals surface area (Å²) in [6.45, 7) is 0. The minimum absolute atomic E-state index is 0.602. The van der Waals surface area contributed by atoms with Gasteiger partial charge in [-0.05, 0) is 42.5 Å². The average molecular weight is 304 g/mol. The summed E-state index contributed by atoms with van der Waals surface area (Å²) in [4.78, 5) is 0. The Morgan fingerprint density at radius 2 is 2.00 bits per heavy atom. The Balaban J connectivity index is 2.01. The molecule has 1 saturated carbocycles. The highest BCUT2D eigenvalue weighted by Gasteiger charge is 2.25. The largest absolute Gasteiger partial charge is 0.472 e. The van der Waals surface area contributed by atoms with Gasteiger partial charge in [-0.15, -0.1) is 0 Å². The molecule has 3 aromatic rings. The molecule has 1 fully saturated rings. The maximum atomic E-state index is 9.22. The molecule has 0 saturated heterocycles. The predicted molar refractivity (Wildman–Crippen MR) is 91.2 cm³/mol. The zero-order valence-electron chi connectivity index (χ0n) is 13.4. The van der Waals surface area contributed by atoms with E-state index in [0.29, 0.717) is 11.5 Å². The third kappa shape index (κ3) is 2.26. The van der Waals surface area contributed by atoms with Crippen LogP contribution >= 0.6 is 0 Å². The van der Waals surface area contributed by atoms with Gasteiger partial charge in [0.25, 0.3) is 0 Å². The van der Waals surface area contributed by atoms with Gasteiger partial charge in [0.15, 0.2) is 0 Å². The third-order valence-electron chi connectivity index (χ3n) is 5.18. The molecule has 0 radical (unpaired) electrons. The average Bonchev–Trinajstić information content (AvgIpc) is 3.22. The van der Waals surface area contributed by atoms with Crippen LogP contribution in [0.4, 0.5) is 0 Å². The summed E-state index contributed by atoms with van der Waals surface area (Å²) in [6.07, 6.45) is 10.0. The summed E-state index contributed by atoms with van der Waals surface area (Å²) >= 11 is 0. The van der Waals surface area contributed by atoms with Crippen LogP contribution in [0.25, 0.3) is 22.2 Å². The molecule has 0 bridgehead atoms. The highest BCUT2D eigenvalue weighted by Crippen LogP contribution is 2.43. The monoisotopic (exact) mass is 304 g/mol. The van der Waals surface area contributed by atoms with E-state index >= 15 is 0 Å². The van der Waals surface area contributed by atoms with E-state index in [4.69, 9.17) is 4.42 Å². The molecule has 116 valence electrons. The SMILES string of the molecule is Cn1c(-c2ccoc2)c(C2CCCCC2)c2ccc(C#N)cc21. The molecular formula is C20H20N2O. The van der Waals surface area contributed by atoms with Gasteiger partial charge < -0.3 is 8.98 Å². The molecule has 4 rings (SSSR count). The van der Waals surface area contributed by atoms with Crippen LogP contribution in [0.3, 0.4) is 0 Å². The number of nitrogens with zero attached hydrogens (tertiary/aromatic N) is 2. The summed E-state index contributed by atoms with van der Waals surface area (Å²) in [7, 11) is 2.10. The maximum absolute atomic E-state index is 9.22. The van der Waals surface area contributed by atoms with Crippen LogP contribution in [0.1, 0.15) is 49.1 Å². The van der Waals surface area contributed by atoms with Crippen molar-refractivity contribution < 1.29 is 4.42 Å². The van der Waals surface area contributed by atoms with Gasteiger partial charge in [-0.1, -0.05) is 25.3 Å². The number of furan rings is 1. The fourth-order valence-electron chi connectivity index (χ4n) is 4.09. The number of hydrogen-bond donors (Lipinski definition) is 0. The predicted octanol–water partition coefficient (Wildman–Crippen LogP) is 5.36. The van der Waals surface area contributed by atoms with Gasteiger partial charge in [-0.25, -0.2) is 0 Å². The molecular weight excluding hydrogens is 284 g/mol. The maximum Gasteiger partial charge on any atom is 0.0996 e. The second-order valence-corrected chi connectivity index (χ2v) is 6.51. The van der Waals surface area contributed by atoms with Crippen LogP contribution < -0.4 is 0 Å². The fraction of sp³-hybridized carbons (Fsp3) is 0.350. The number of rotatable bonds is 2. The smallest absolute Gasteiger partial charge is 0.0996 e. The number of aryl methyl sites for hydroxylation is 1. The van der Waals surface area contributed by atoms with E-state index in [1.54, 1.807) is 6.26 Å². The lowest BCUT2D eigenvalue weighted by Crippen LogP contribution is -2.06. The van der Waals surface area contributed by atoms with Gasteiger partial charge in [0.05, 0.1) is 29.9 Å². The number of benzene rings is 1. The molecule has 1 aliphatic rings. The fourth-order valence-corrected chi connectivity index (χ4v) is 4.09. The van der Waals surface area contributed by atoms with Crippen LogP contribution in [-0.2, 0) is 7.05 Å². The minimum Gasteiger partial charge on any atom is -0.472 e.